The Morgan fingerprint density at radius 1 is 1.11 bits per heavy atom. The number of fused-ring (bicyclic) bond motifs is 1. The van der Waals surface area contributed by atoms with Crippen LogP contribution in [0.3, 0.4) is 0 Å². The molecule has 0 N–H and O–H groups in total. The summed E-state index contributed by atoms with van der Waals surface area (Å²) in [6, 6.07) is 14.4. The van der Waals surface area contributed by atoms with E-state index in [1.165, 1.54) is 6.26 Å². The molecule has 0 aliphatic carbocycles. The number of carbonyl (C=O) groups excluding carboxylic acids is 2. The first-order valence-corrected chi connectivity index (χ1v) is 9.24. The van der Waals surface area contributed by atoms with Gasteiger partial charge < -0.3 is 18.6 Å². The summed E-state index contributed by atoms with van der Waals surface area (Å²) in [7, 11) is 1.73. The lowest BCUT2D eigenvalue weighted by atomic mass is 9.93. The number of furan rings is 2. The Hall–Kier alpha value is -3.28. The van der Waals surface area contributed by atoms with Crippen LogP contribution in [0.1, 0.15) is 33.2 Å². The number of aryl methyl sites for hydroxylation is 1. The van der Waals surface area contributed by atoms with E-state index in [0.717, 1.165) is 16.9 Å². The van der Waals surface area contributed by atoms with E-state index < -0.39 is 6.04 Å². The van der Waals surface area contributed by atoms with Gasteiger partial charge in [-0.25, -0.2) is 0 Å². The Balaban J connectivity index is 1.61. The second-order valence-corrected chi connectivity index (χ2v) is 7.11. The molecule has 3 aromatic rings. The lowest BCUT2D eigenvalue weighted by Gasteiger charge is -2.37. The van der Waals surface area contributed by atoms with Gasteiger partial charge in [-0.1, -0.05) is 24.3 Å². The maximum atomic E-state index is 13.3. The van der Waals surface area contributed by atoms with Crippen LogP contribution in [-0.2, 0) is 24.3 Å². The Bertz CT molecular complexity index is 990. The average molecular weight is 378 g/mol. The molecule has 2 aromatic heterocycles. The Kier molecular flexibility index (Phi) is 4.77. The van der Waals surface area contributed by atoms with Crippen molar-refractivity contribution in [2.75, 3.05) is 7.05 Å². The van der Waals surface area contributed by atoms with Gasteiger partial charge in [0.15, 0.2) is 5.76 Å². The van der Waals surface area contributed by atoms with Crippen molar-refractivity contribution in [3.05, 3.63) is 83.2 Å². The normalized spacial score (nSPS) is 15.9. The zero-order chi connectivity index (χ0) is 19.7. The first kappa shape index (κ1) is 18.1. The minimum Gasteiger partial charge on any atom is -0.464 e. The monoisotopic (exact) mass is 378 g/mol. The summed E-state index contributed by atoms with van der Waals surface area (Å²) in [5.41, 5.74) is 2.14. The molecule has 0 radical (unpaired) electrons. The molecule has 1 aliphatic rings. The van der Waals surface area contributed by atoms with E-state index in [4.69, 9.17) is 8.83 Å². The van der Waals surface area contributed by atoms with Gasteiger partial charge in [0.1, 0.15) is 17.6 Å². The molecule has 6 nitrogen and oxygen atoms in total. The van der Waals surface area contributed by atoms with Crippen molar-refractivity contribution in [3.8, 4) is 0 Å². The van der Waals surface area contributed by atoms with Crippen molar-refractivity contribution in [2.45, 2.75) is 32.5 Å². The molecule has 6 heteroatoms. The van der Waals surface area contributed by atoms with E-state index in [2.05, 4.69) is 0 Å². The van der Waals surface area contributed by atoms with Gasteiger partial charge in [-0.15, -0.1) is 0 Å². The van der Waals surface area contributed by atoms with Gasteiger partial charge >= 0.3 is 0 Å². The van der Waals surface area contributed by atoms with Gasteiger partial charge in [0, 0.05) is 20.0 Å². The van der Waals surface area contributed by atoms with Crippen molar-refractivity contribution in [1.29, 1.82) is 0 Å². The highest BCUT2D eigenvalue weighted by Crippen LogP contribution is 2.26. The standard InChI is InChI=1S/C22H22N2O4/c1-15-9-10-18(28-15)14-23(2)21(25)19-12-16-6-3-4-7-17(16)13-24(19)22(26)20-8-5-11-27-20/h3-11,19H,12-14H2,1-2H3. The highest BCUT2D eigenvalue weighted by Gasteiger charge is 2.37. The van der Waals surface area contributed by atoms with Gasteiger partial charge in [-0.2, -0.15) is 0 Å². The number of amides is 2. The number of nitrogens with zero attached hydrogens (tertiary/aromatic N) is 2. The summed E-state index contributed by atoms with van der Waals surface area (Å²) in [5, 5.41) is 0. The topological polar surface area (TPSA) is 66.9 Å². The first-order chi connectivity index (χ1) is 13.5. The Morgan fingerprint density at radius 3 is 2.57 bits per heavy atom. The van der Waals surface area contributed by atoms with Crippen LogP contribution in [0.25, 0.3) is 0 Å². The fourth-order valence-corrected chi connectivity index (χ4v) is 3.64. The maximum Gasteiger partial charge on any atom is 0.290 e. The first-order valence-electron chi connectivity index (χ1n) is 9.24. The fourth-order valence-electron chi connectivity index (χ4n) is 3.64. The van der Waals surface area contributed by atoms with Crippen molar-refractivity contribution in [2.24, 2.45) is 0 Å². The zero-order valence-electron chi connectivity index (χ0n) is 15.9. The lowest BCUT2D eigenvalue weighted by Crippen LogP contribution is -2.52. The van der Waals surface area contributed by atoms with Crippen LogP contribution in [0.15, 0.2) is 63.6 Å². The molecular formula is C22H22N2O4. The third-order valence-corrected chi connectivity index (χ3v) is 5.09. The molecule has 1 aromatic carbocycles. The predicted molar refractivity (Wildman–Crippen MR) is 102 cm³/mol. The molecule has 0 bridgehead atoms. The van der Waals surface area contributed by atoms with Crippen molar-refractivity contribution in [1.82, 2.24) is 9.80 Å². The van der Waals surface area contributed by atoms with Gasteiger partial charge in [-0.3, -0.25) is 9.59 Å². The molecule has 0 saturated carbocycles. The molecule has 3 heterocycles. The van der Waals surface area contributed by atoms with E-state index in [-0.39, 0.29) is 17.6 Å². The minimum atomic E-state index is -0.589. The molecule has 0 fully saturated rings. The fraction of sp³-hybridized carbons (Fsp3) is 0.273. The van der Waals surface area contributed by atoms with Crippen LogP contribution >= 0.6 is 0 Å². The minimum absolute atomic E-state index is 0.122. The third kappa shape index (κ3) is 3.45. The van der Waals surface area contributed by atoms with Crippen molar-refractivity contribution >= 4 is 11.8 Å². The van der Waals surface area contributed by atoms with E-state index in [1.807, 2.05) is 43.3 Å². The molecule has 2 amide bonds. The third-order valence-electron chi connectivity index (χ3n) is 5.09. The zero-order valence-corrected chi connectivity index (χ0v) is 15.9. The van der Waals surface area contributed by atoms with Crippen LogP contribution < -0.4 is 0 Å². The summed E-state index contributed by atoms with van der Waals surface area (Å²) in [4.78, 5) is 29.5. The molecule has 28 heavy (non-hydrogen) atoms. The van der Waals surface area contributed by atoms with E-state index >= 15 is 0 Å². The van der Waals surface area contributed by atoms with Crippen molar-refractivity contribution < 1.29 is 18.4 Å². The number of likely N-dealkylation sites (N-methyl/N-ethyl adjacent to an activating group) is 1. The van der Waals surface area contributed by atoms with E-state index in [1.54, 1.807) is 29.0 Å². The second kappa shape index (κ2) is 7.38. The average Bonchev–Trinajstić information content (AvgIpc) is 3.37. The highest BCUT2D eigenvalue weighted by atomic mass is 16.3. The largest absolute Gasteiger partial charge is 0.464 e. The Morgan fingerprint density at radius 2 is 1.89 bits per heavy atom. The summed E-state index contributed by atoms with van der Waals surface area (Å²) < 4.78 is 10.9. The quantitative estimate of drug-likeness (QED) is 0.698. The van der Waals surface area contributed by atoms with Crippen LogP contribution in [0, 0.1) is 6.92 Å². The molecule has 1 unspecified atom stereocenters. The lowest BCUT2D eigenvalue weighted by molar-refractivity contribution is -0.136. The molecule has 1 aliphatic heterocycles. The number of rotatable bonds is 4. The number of hydrogen-bond acceptors (Lipinski definition) is 4. The summed E-state index contributed by atoms with van der Waals surface area (Å²) in [5.74, 6) is 1.36. The van der Waals surface area contributed by atoms with Crippen LogP contribution in [0.5, 0.6) is 0 Å². The molecule has 4 rings (SSSR count). The summed E-state index contributed by atoms with van der Waals surface area (Å²) >= 11 is 0. The number of carbonyl (C=O) groups is 2. The van der Waals surface area contributed by atoms with Gasteiger partial charge in [0.2, 0.25) is 5.91 Å². The van der Waals surface area contributed by atoms with Crippen LogP contribution in [0.2, 0.25) is 0 Å². The maximum absolute atomic E-state index is 13.3. The van der Waals surface area contributed by atoms with Gasteiger partial charge in [0.05, 0.1) is 12.8 Å². The number of hydrogen-bond donors (Lipinski definition) is 0. The van der Waals surface area contributed by atoms with Crippen LogP contribution in [-0.4, -0.2) is 34.7 Å². The Labute approximate surface area is 163 Å². The molecule has 0 saturated heterocycles. The van der Waals surface area contributed by atoms with Gasteiger partial charge in [0.25, 0.3) is 5.91 Å². The van der Waals surface area contributed by atoms with Gasteiger partial charge in [-0.05, 0) is 42.3 Å². The SMILES string of the molecule is Cc1ccc(CN(C)C(=O)C2Cc3ccccc3CN2C(=O)c2ccco2)o1. The second-order valence-electron chi connectivity index (χ2n) is 7.11. The summed E-state index contributed by atoms with van der Waals surface area (Å²) in [6.07, 6.45) is 1.94. The van der Waals surface area contributed by atoms with Crippen molar-refractivity contribution in [3.63, 3.8) is 0 Å². The molecular weight excluding hydrogens is 356 g/mol. The predicted octanol–water partition coefficient (Wildman–Crippen LogP) is 3.41. The summed E-state index contributed by atoms with van der Waals surface area (Å²) in [6.45, 7) is 2.60. The van der Waals surface area contributed by atoms with Crippen LogP contribution in [0.4, 0.5) is 0 Å². The smallest absolute Gasteiger partial charge is 0.290 e. The highest BCUT2D eigenvalue weighted by molar-refractivity contribution is 5.96. The number of benzene rings is 1. The molecule has 1 atom stereocenters. The van der Waals surface area contributed by atoms with E-state index in [9.17, 15) is 9.59 Å². The molecule has 144 valence electrons. The van der Waals surface area contributed by atoms with E-state index in [0.29, 0.717) is 25.3 Å². The molecule has 0 spiro atoms.